The van der Waals surface area contributed by atoms with Gasteiger partial charge in [0, 0.05) is 12.1 Å². The topological polar surface area (TPSA) is 32.3 Å². The van der Waals surface area contributed by atoms with Crippen molar-refractivity contribution >= 4 is 28.9 Å². The monoisotopic (exact) mass is 281 g/mol. The number of anilines is 1. The molecular weight excluding hydrogens is 269 g/mol. The summed E-state index contributed by atoms with van der Waals surface area (Å²) >= 11 is 12.0. The van der Waals surface area contributed by atoms with Gasteiger partial charge in [0.2, 0.25) is 0 Å². The number of para-hydroxylation sites is 2. The first-order valence-corrected chi connectivity index (χ1v) is 6.30. The zero-order valence-corrected chi connectivity index (χ0v) is 11.4. The summed E-state index contributed by atoms with van der Waals surface area (Å²) in [6.45, 7) is 2.45. The van der Waals surface area contributed by atoms with Crippen LogP contribution in [0.1, 0.15) is 11.1 Å². The third-order valence-electron chi connectivity index (χ3n) is 2.75. The molecule has 0 spiro atoms. The highest BCUT2D eigenvalue weighted by molar-refractivity contribution is 6.33. The third-order valence-corrected chi connectivity index (χ3v) is 3.37. The van der Waals surface area contributed by atoms with E-state index in [1.165, 1.54) is 0 Å². The molecular formula is C14H13Cl2NO. The zero-order valence-electron chi connectivity index (χ0n) is 9.87. The van der Waals surface area contributed by atoms with E-state index in [0.717, 1.165) is 16.8 Å². The molecule has 2 aromatic carbocycles. The Balaban J connectivity index is 2.19. The molecule has 0 unspecified atom stereocenters. The molecule has 2 N–H and O–H groups in total. The zero-order chi connectivity index (χ0) is 13.1. The fourth-order valence-corrected chi connectivity index (χ4v) is 2.22. The maximum Gasteiger partial charge on any atom is 0.139 e. The summed E-state index contributed by atoms with van der Waals surface area (Å²) in [6, 6.07) is 11.0. The van der Waals surface area contributed by atoms with Crippen LogP contribution in [0.3, 0.4) is 0 Å². The number of aryl methyl sites for hydroxylation is 1. The largest absolute Gasteiger partial charge is 0.506 e. The molecule has 0 saturated carbocycles. The number of hydrogen-bond donors (Lipinski definition) is 2. The van der Waals surface area contributed by atoms with E-state index in [9.17, 15) is 5.11 Å². The Kier molecular flexibility index (Phi) is 4.00. The van der Waals surface area contributed by atoms with Gasteiger partial charge in [-0.3, -0.25) is 0 Å². The Bertz CT molecular complexity index is 549. The van der Waals surface area contributed by atoms with Gasteiger partial charge in [-0.1, -0.05) is 47.5 Å². The highest BCUT2D eigenvalue weighted by Gasteiger charge is 2.07. The first-order valence-electron chi connectivity index (χ1n) is 5.55. The van der Waals surface area contributed by atoms with Gasteiger partial charge in [0.05, 0.1) is 15.7 Å². The second kappa shape index (κ2) is 5.51. The number of phenols is 1. The summed E-state index contributed by atoms with van der Waals surface area (Å²) in [5.74, 6) is 0.108. The highest BCUT2D eigenvalue weighted by atomic mass is 35.5. The van der Waals surface area contributed by atoms with E-state index in [0.29, 0.717) is 16.6 Å². The summed E-state index contributed by atoms with van der Waals surface area (Å²) in [6.07, 6.45) is 0. The van der Waals surface area contributed by atoms with Gasteiger partial charge in [-0.2, -0.15) is 0 Å². The number of hydrogen-bond acceptors (Lipinski definition) is 2. The maximum absolute atomic E-state index is 9.81. The molecule has 0 bridgehead atoms. The fraction of sp³-hybridized carbons (Fsp3) is 0.143. The molecule has 0 fully saturated rings. The SMILES string of the molecule is Cc1cccc(Cl)c1NCc1cccc(Cl)c1O. The molecule has 94 valence electrons. The minimum atomic E-state index is 0.108. The second-order valence-electron chi connectivity index (χ2n) is 4.03. The van der Waals surface area contributed by atoms with E-state index in [1.54, 1.807) is 12.1 Å². The molecule has 18 heavy (non-hydrogen) atoms. The smallest absolute Gasteiger partial charge is 0.139 e. The molecule has 0 aromatic heterocycles. The van der Waals surface area contributed by atoms with Crippen LogP contribution >= 0.6 is 23.2 Å². The van der Waals surface area contributed by atoms with Gasteiger partial charge >= 0.3 is 0 Å². The Morgan fingerprint density at radius 1 is 1.06 bits per heavy atom. The van der Waals surface area contributed by atoms with Crippen molar-refractivity contribution in [2.45, 2.75) is 13.5 Å². The predicted molar refractivity (Wildman–Crippen MR) is 76.6 cm³/mol. The Labute approximate surface area is 116 Å². The van der Waals surface area contributed by atoms with Crippen LogP contribution in [0, 0.1) is 6.92 Å². The number of halogens is 2. The Morgan fingerprint density at radius 3 is 2.44 bits per heavy atom. The predicted octanol–water partition coefficient (Wildman–Crippen LogP) is 4.62. The van der Waals surface area contributed by atoms with E-state index in [4.69, 9.17) is 23.2 Å². The first kappa shape index (κ1) is 13.1. The fourth-order valence-electron chi connectivity index (χ4n) is 1.74. The van der Waals surface area contributed by atoms with Gasteiger partial charge in [0.1, 0.15) is 5.75 Å². The lowest BCUT2D eigenvalue weighted by Crippen LogP contribution is -2.02. The third kappa shape index (κ3) is 2.71. The number of benzene rings is 2. The average Bonchev–Trinajstić information content (AvgIpc) is 2.33. The van der Waals surface area contributed by atoms with Crippen molar-refractivity contribution < 1.29 is 5.11 Å². The lowest BCUT2D eigenvalue weighted by molar-refractivity contribution is 0.469. The minimum Gasteiger partial charge on any atom is -0.506 e. The van der Waals surface area contributed by atoms with Gasteiger partial charge in [0.15, 0.2) is 0 Å². The van der Waals surface area contributed by atoms with Crippen molar-refractivity contribution in [3.63, 3.8) is 0 Å². The molecule has 2 rings (SSSR count). The number of aromatic hydroxyl groups is 1. The van der Waals surface area contributed by atoms with Gasteiger partial charge in [-0.05, 0) is 24.6 Å². The van der Waals surface area contributed by atoms with Crippen LogP contribution in [0.2, 0.25) is 10.0 Å². The number of phenolic OH excluding ortho intramolecular Hbond substituents is 1. The van der Waals surface area contributed by atoms with E-state index in [2.05, 4.69) is 5.32 Å². The summed E-state index contributed by atoms with van der Waals surface area (Å²) < 4.78 is 0. The summed E-state index contributed by atoms with van der Waals surface area (Å²) in [5.41, 5.74) is 2.67. The van der Waals surface area contributed by atoms with Gasteiger partial charge < -0.3 is 10.4 Å². The van der Waals surface area contributed by atoms with E-state index in [-0.39, 0.29) is 5.75 Å². The summed E-state index contributed by atoms with van der Waals surface area (Å²) in [7, 11) is 0. The molecule has 0 aliphatic carbocycles. The molecule has 0 aliphatic rings. The van der Waals surface area contributed by atoms with Crippen LogP contribution in [-0.4, -0.2) is 5.11 Å². The lowest BCUT2D eigenvalue weighted by atomic mass is 10.1. The molecule has 0 amide bonds. The normalized spacial score (nSPS) is 10.4. The molecule has 0 aliphatic heterocycles. The van der Waals surface area contributed by atoms with Crippen LogP contribution in [0.25, 0.3) is 0 Å². The molecule has 0 heterocycles. The van der Waals surface area contributed by atoms with Gasteiger partial charge in [0.25, 0.3) is 0 Å². The molecule has 4 heteroatoms. The van der Waals surface area contributed by atoms with Gasteiger partial charge in [-0.15, -0.1) is 0 Å². The molecule has 0 saturated heterocycles. The lowest BCUT2D eigenvalue weighted by Gasteiger charge is -2.12. The number of nitrogens with one attached hydrogen (secondary N) is 1. The van der Waals surface area contributed by atoms with Crippen molar-refractivity contribution in [3.05, 3.63) is 57.6 Å². The van der Waals surface area contributed by atoms with Crippen molar-refractivity contribution in [2.75, 3.05) is 5.32 Å². The molecule has 0 radical (unpaired) electrons. The van der Waals surface area contributed by atoms with E-state index in [1.807, 2.05) is 31.2 Å². The van der Waals surface area contributed by atoms with Gasteiger partial charge in [-0.25, -0.2) is 0 Å². The second-order valence-corrected chi connectivity index (χ2v) is 4.85. The average molecular weight is 282 g/mol. The number of rotatable bonds is 3. The Morgan fingerprint density at radius 2 is 1.72 bits per heavy atom. The standard InChI is InChI=1S/C14H13Cl2NO/c1-9-4-2-6-11(15)13(9)17-8-10-5-3-7-12(16)14(10)18/h2-7,17-18H,8H2,1H3. The summed E-state index contributed by atoms with van der Waals surface area (Å²) in [4.78, 5) is 0. The van der Waals surface area contributed by atoms with Crippen LogP contribution in [0.5, 0.6) is 5.75 Å². The summed E-state index contributed by atoms with van der Waals surface area (Å²) in [5, 5.41) is 14.0. The molecule has 2 aromatic rings. The van der Waals surface area contributed by atoms with Crippen LogP contribution in [0.15, 0.2) is 36.4 Å². The van der Waals surface area contributed by atoms with E-state index < -0.39 is 0 Å². The van der Waals surface area contributed by atoms with Crippen molar-refractivity contribution in [2.24, 2.45) is 0 Å². The minimum absolute atomic E-state index is 0.108. The van der Waals surface area contributed by atoms with E-state index >= 15 is 0 Å². The van der Waals surface area contributed by atoms with Crippen LogP contribution in [-0.2, 0) is 6.54 Å². The molecule has 2 nitrogen and oxygen atoms in total. The van der Waals surface area contributed by atoms with Crippen molar-refractivity contribution in [1.29, 1.82) is 0 Å². The molecule has 0 atom stereocenters. The van der Waals surface area contributed by atoms with Crippen LogP contribution in [0.4, 0.5) is 5.69 Å². The first-order chi connectivity index (χ1) is 8.59. The van der Waals surface area contributed by atoms with Crippen molar-refractivity contribution in [1.82, 2.24) is 0 Å². The highest BCUT2D eigenvalue weighted by Crippen LogP contribution is 2.30. The maximum atomic E-state index is 9.81. The quantitative estimate of drug-likeness (QED) is 0.861. The van der Waals surface area contributed by atoms with Crippen LogP contribution < -0.4 is 5.32 Å². The van der Waals surface area contributed by atoms with Crippen molar-refractivity contribution in [3.8, 4) is 5.75 Å². The Hall–Kier alpha value is -1.38.